The van der Waals surface area contributed by atoms with Gasteiger partial charge in [-0.2, -0.15) is 5.10 Å². The van der Waals surface area contributed by atoms with Crippen molar-refractivity contribution in [3.63, 3.8) is 0 Å². The number of rotatable bonds is 8. The zero-order valence-electron chi connectivity index (χ0n) is 20.4. The fourth-order valence-electron chi connectivity index (χ4n) is 4.29. The largest absolute Gasteiger partial charge is 0.494 e. The minimum atomic E-state index is -0.760. The number of nitrogens with one attached hydrogen (secondary N) is 1. The van der Waals surface area contributed by atoms with Crippen LogP contribution < -0.4 is 20.7 Å². The van der Waals surface area contributed by atoms with E-state index in [4.69, 9.17) is 9.47 Å². The van der Waals surface area contributed by atoms with E-state index in [1.807, 2.05) is 30.3 Å². The number of hydrogen-bond donors (Lipinski definition) is 2. The highest BCUT2D eigenvalue weighted by Gasteiger charge is 2.35. The van der Waals surface area contributed by atoms with Crippen molar-refractivity contribution in [2.45, 2.75) is 38.8 Å². The molecule has 10 heteroatoms. The molecule has 0 saturated carbocycles. The topological polar surface area (TPSA) is 126 Å². The number of methoxy groups -OCH3 is 2. The van der Waals surface area contributed by atoms with E-state index in [2.05, 4.69) is 10.1 Å². The van der Waals surface area contributed by atoms with Crippen molar-refractivity contribution in [1.29, 1.82) is 0 Å². The number of carbonyl (C=O) groups excluding carboxylic acids is 1. The average Bonchev–Trinajstić information content (AvgIpc) is 3.32. The van der Waals surface area contributed by atoms with Crippen LogP contribution in [-0.2, 0) is 17.8 Å². The third-order valence-corrected chi connectivity index (χ3v) is 6.19. The summed E-state index contributed by atoms with van der Waals surface area (Å²) in [5.74, 6) is 0.296. The van der Waals surface area contributed by atoms with Crippen LogP contribution in [0, 0.1) is 0 Å². The van der Waals surface area contributed by atoms with Crippen LogP contribution in [0.15, 0.2) is 63.2 Å². The second-order valence-electron chi connectivity index (χ2n) is 8.32. The predicted molar refractivity (Wildman–Crippen MR) is 134 cm³/mol. The van der Waals surface area contributed by atoms with Crippen molar-refractivity contribution >= 4 is 11.6 Å². The summed E-state index contributed by atoms with van der Waals surface area (Å²) in [6.45, 7) is 1.87. The van der Waals surface area contributed by atoms with Crippen LogP contribution in [0.2, 0.25) is 0 Å². The molecule has 1 aromatic heterocycles. The Balaban J connectivity index is 1.72. The van der Waals surface area contributed by atoms with Crippen LogP contribution in [-0.4, -0.2) is 45.5 Å². The molecule has 10 nitrogen and oxygen atoms in total. The number of amides is 1. The number of carbonyl (C=O) groups is 1. The van der Waals surface area contributed by atoms with E-state index in [1.165, 1.54) is 19.2 Å². The number of nitrogens with zero attached hydrogens (tertiary/aromatic N) is 3. The van der Waals surface area contributed by atoms with Crippen LogP contribution in [0.4, 0.5) is 0 Å². The number of aromatic hydroxyl groups is 1. The van der Waals surface area contributed by atoms with E-state index in [1.54, 1.807) is 25.1 Å². The standard InChI is InChI=1S/C26H28N4O6/c1-4-22(31)30-19(17-10-11-20(35-2)21(14-17)36-3)15-18(28-30)23-24(32)27-26(34)29(25(23)33)13-12-16-8-6-5-7-9-16/h5-11,14,19,33H,4,12-13,15H2,1-3H3,(H,27,32,34). The smallest absolute Gasteiger partial charge is 0.331 e. The molecule has 0 saturated heterocycles. The molecule has 1 aliphatic heterocycles. The van der Waals surface area contributed by atoms with Crippen LogP contribution in [0.3, 0.4) is 0 Å². The SMILES string of the molecule is CCC(=O)N1N=C(c2c(O)n(CCc3ccccc3)c(=O)[nH]c2=O)CC1c1ccc(OC)c(OC)c1. The number of aromatic amines is 1. The molecule has 2 aromatic carbocycles. The van der Waals surface area contributed by atoms with Gasteiger partial charge in [0.15, 0.2) is 11.5 Å². The van der Waals surface area contributed by atoms with Crippen molar-refractivity contribution in [2.75, 3.05) is 14.2 Å². The van der Waals surface area contributed by atoms with Gasteiger partial charge in [-0.25, -0.2) is 9.80 Å². The first-order valence-corrected chi connectivity index (χ1v) is 11.6. The van der Waals surface area contributed by atoms with Gasteiger partial charge < -0.3 is 14.6 Å². The van der Waals surface area contributed by atoms with Gasteiger partial charge in [0.25, 0.3) is 5.56 Å². The third-order valence-electron chi connectivity index (χ3n) is 6.19. The lowest BCUT2D eigenvalue weighted by atomic mass is 9.98. The second-order valence-corrected chi connectivity index (χ2v) is 8.32. The van der Waals surface area contributed by atoms with Gasteiger partial charge in [0.2, 0.25) is 11.8 Å². The lowest BCUT2D eigenvalue weighted by Crippen LogP contribution is -2.34. The van der Waals surface area contributed by atoms with Crippen molar-refractivity contribution < 1.29 is 19.4 Å². The molecule has 1 amide bonds. The molecule has 2 heterocycles. The molecule has 36 heavy (non-hydrogen) atoms. The van der Waals surface area contributed by atoms with Crippen molar-refractivity contribution in [2.24, 2.45) is 5.10 Å². The van der Waals surface area contributed by atoms with Gasteiger partial charge in [0.05, 0.1) is 26.0 Å². The molecule has 0 bridgehead atoms. The fraction of sp³-hybridized carbons (Fsp3) is 0.308. The number of aromatic nitrogens is 2. The molecule has 1 atom stereocenters. The molecule has 1 aliphatic rings. The van der Waals surface area contributed by atoms with Crippen molar-refractivity contribution in [3.8, 4) is 17.4 Å². The van der Waals surface area contributed by atoms with Gasteiger partial charge >= 0.3 is 5.69 Å². The normalized spacial score (nSPS) is 15.0. The predicted octanol–water partition coefficient (Wildman–Crippen LogP) is 2.59. The Bertz CT molecular complexity index is 1410. The zero-order chi connectivity index (χ0) is 25.8. The number of benzene rings is 2. The molecule has 0 spiro atoms. The number of aryl methyl sites for hydroxylation is 1. The van der Waals surface area contributed by atoms with Gasteiger partial charge in [-0.05, 0) is 29.7 Å². The number of hydrazone groups is 1. The first-order valence-electron chi connectivity index (χ1n) is 11.6. The molecule has 1 unspecified atom stereocenters. The fourth-order valence-corrected chi connectivity index (χ4v) is 4.29. The van der Waals surface area contributed by atoms with Gasteiger partial charge in [-0.15, -0.1) is 0 Å². The van der Waals surface area contributed by atoms with Gasteiger partial charge in [-0.1, -0.05) is 43.3 Å². The van der Waals surface area contributed by atoms with Crippen LogP contribution in [0.1, 0.15) is 42.5 Å². The quantitative estimate of drug-likeness (QED) is 0.498. The highest BCUT2D eigenvalue weighted by molar-refractivity contribution is 6.04. The molecular formula is C26H28N4O6. The third kappa shape index (κ3) is 4.74. The number of hydrogen-bond acceptors (Lipinski definition) is 7. The summed E-state index contributed by atoms with van der Waals surface area (Å²) >= 11 is 0. The summed E-state index contributed by atoms with van der Waals surface area (Å²) in [5, 5.41) is 16.7. The van der Waals surface area contributed by atoms with Crippen LogP contribution in [0.25, 0.3) is 0 Å². The summed E-state index contributed by atoms with van der Waals surface area (Å²) < 4.78 is 11.8. The maximum absolute atomic E-state index is 12.8. The average molecular weight is 493 g/mol. The van der Waals surface area contributed by atoms with Crippen LogP contribution in [0.5, 0.6) is 17.4 Å². The van der Waals surface area contributed by atoms with Gasteiger partial charge in [0.1, 0.15) is 5.56 Å². The Labute approximate surface area is 207 Å². The van der Waals surface area contributed by atoms with E-state index < -0.39 is 23.2 Å². The summed E-state index contributed by atoms with van der Waals surface area (Å²) in [7, 11) is 3.05. The maximum atomic E-state index is 12.8. The van der Waals surface area contributed by atoms with Gasteiger partial charge in [0, 0.05) is 19.4 Å². The molecular weight excluding hydrogens is 464 g/mol. The highest BCUT2D eigenvalue weighted by atomic mass is 16.5. The second kappa shape index (κ2) is 10.5. The number of H-pyrrole nitrogens is 1. The van der Waals surface area contributed by atoms with Crippen LogP contribution >= 0.6 is 0 Å². The molecule has 188 valence electrons. The Morgan fingerprint density at radius 1 is 1.11 bits per heavy atom. The first kappa shape index (κ1) is 24.8. The monoisotopic (exact) mass is 492 g/mol. The number of ether oxygens (including phenoxy) is 2. The minimum Gasteiger partial charge on any atom is -0.494 e. The summed E-state index contributed by atoms with van der Waals surface area (Å²) in [6, 6.07) is 14.2. The summed E-state index contributed by atoms with van der Waals surface area (Å²) in [6.07, 6.45) is 0.829. The molecule has 0 fully saturated rings. The Hall–Kier alpha value is -4.34. The zero-order valence-corrected chi connectivity index (χ0v) is 20.4. The van der Waals surface area contributed by atoms with E-state index in [0.717, 1.165) is 15.7 Å². The Morgan fingerprint density at radius 2 is 1.83 bits per heavy atom. The lowest BCUT2D eigenvalue weighted by molar-refractivity contribution is -0.132. The molecule has 0 aliphatic carbocycles. The molecule has 4 rings (SSSR count). The highest BCUT2D eigenvalue weighted by Crippen LogP contribution is 2.38. The lowest BCUT2D eigenvalue weighted by Gasteiger charge is -2.22. The van der Waals surface area contributed by atoms with E-state index in [-0.39, 0.29) is 36.6 Å². The summed E-state index contributed by atoms with van der Waals surface area (Å²) in [5.41, 5.74) is 0.311. The van der Waals surface area contributed by atoms with Gasteiger partial charge in [-0.3, -0.25) is 19.1 Å². The maximum Gasteiger partial charge on any atom is 0.331 e. The van der Waals surface area contributed by atoms with Crippen molar-refractivity contribution in [1.82, 2.24) is 14.6 Å². The molecule has 0 radical (unpaired) electrons. The first-order chi connectivity index (χ1) is 17.4. The Morgan fingerprint density at radius 3 is 2.50 bits per heavy atom. The van der Waals surface area contributed by atoms with Crippen molar-refractivity contribution in [3.05, 3.63) is 86.1 Å². The van der Waals surface area contributed by atoms with E-state index >= 15 is 0 Å². The molecule has 3 aromatic rings. The van der Waals surface area contributed by atoms with E-state index in [0.29, 0.717) is 17.9 Å². The minimum absolute atomic E-state index is 0.125. The summed E-state index contributed by atoms with van der Waals surface area (Å²) in [4.78, 5) is 40.3. The molecule has 2 N–H and O–H groups in total. The Kier molecular flexibility index (Phi) is 7.23. The van der Waals surface area contributed by atoms with E-state index in [9.17, 15) is 19.5 Å².